The third kappa shape index (κ3) is 4.54. The van der Waals surface area contributed by atoms with E-state index in [9.17, 15) is 0 Å². The molecular weight excluding hydrogens is 226 g/mol. The lowest BCUT2D eigenvalue weighted by molar-refractivity contribution is 0.195. The lowest BCUT2D eigenvalue weighted by Crippen LogP contribution is -2.36. The van der Waals surface area contributed by atoms with Crippen LogP contribution < -0.4 is 10.6 Å². The van der Waals surface area contributed by atoms with Crippen molar-refractivity contribution in [2.45, 2.75) is 13.0 Å². The van der Waals surface area contributed by atoms with Crippen molar-refractivity contribution < 1.29 is 4.74 Å². The van der Waals surface area contributed by atoms with Gasteiger partial charge in [-0.1, -0.05) is 0 Å². The van der Waals surface area contributed by atoms with Gasteiger partial charge in [0.15, 0.2) is 10.9 Å². The van der Waals surface area contributed by atoms with Crippen LogP contribution >= 0.6 is 12.2 Å². The van der Waals surface area contributed by atoms with E-state index < -0.39 is 0 Å². The summed E-state index contributed by atoms with van der Waals surface area (Å²) in [6.45, 7) is 2.12. The third-order valence-corrected chi connectivity index (χ3v) is 2.31. The molecule has 0 unspecified atom stereocenters. The zero-order valence-electron chi connectivity index (χ0n) is 9.56. The van der Waals surface area contributed by atoms with Gasteiger partial charge in [-0.3, -0.25) is 0 Å². The second-order valence-corrected chi connectivity index (χ2v) is 3.72. The number of ether oxygens (including phenoxy) is 1. The Morgan fingerprint density at radius 2 is 2.38 bits per heavy atom. The lowest BCUT2D eigenvalue weighted by Gasteiger charge is -2.09. The number of nitrogens with one attached hydrogen (secondary N) is 2. The van der Waals surface area contributed by atoms with Crippen LogP contribution in [0.5, 0.6) is 0 Å². The Kier molecular flexibility index (Phi) is 5.73. The highest BCUT2D eigenvalue weighted by Gasteiger charge is 2.00. The van der Waals surface area contributed by atoms with Crippen molar-refractivity contribution in [1.29, 1.82) is 0 Å². The monoisotopic (exact) mass is 243 g/mol. The van der Waals surface area contributed by atoms with Crippen LogP contribution in [0.25, 0.3) is 0 Å². The molecule has 1 heterocycles. The molecule has 0 atom stereocenters. The molecule has 0 aliphatic rings. The van der Waals surface area contributed by atoms with E-state index in [0.717, 1.165) is 25.4 Å². The molecule has 0 aliphatic heterocycles. The quantitative estimate of drug-likeness (QED) is 0.533. The maximum atomic E-state index is 5.10. The number of aryl methyl sites for hydroxylation is 1. The molecule has 0 amide bonds. The summed E-state index contributed by atoms with van der Waals surface area (Å²) < 4.78 is 6.78. The van der Waals surface area contributed by atoms with Crippen molar-refractivity contribution in [1.82, 2.24) is 25.4 Å². The Balaban J connectivity index is 2.13. The fourth-order valence-corrected chi connectivity index (χ4v) is 1.28. The Hall–Kier alpha value is -1.21. The number of hydrogen-bond acceptors (Lipinski definition) is 4. The van der Waals surface area contributed by atoms with Crippen molar-refractivity contribution in [2.24, 2.45) is 7.05 Å². The van der Waals surface area contributed by atoms with Gasteiger partial charge in [0.25, 0.3) is 0 Å². The lowest BCUT2D eigenvalue weighted by atomic mass is 10.4. The zero-order chi connectivity index (χ0) is 11.8. The van der Waals surface area contributed by atoms with Crippen molar-refractivity contribution in [3.05, 3.63) is 12.2 Å². The van der Waals surface area contributed by atoms with Crippen LogP contribution in [0.4, 0.5) is 0 Å². The smallest absolute Gasteiger partial charge is 0.166 e. The molecule has 0 saturated heterocycles. The van der Waals surface area contributed by atoms with Gasteiger partial charge in [0.05, 0.1) is 6.54 Å². The molecule has 1 aromatic rings. The van der Waals surface area contributed by atoms with Gasteiger partial charge in [-0.05, 0) is 18.6 Å². The predicted molar refractivity (Wildman–Crippen MR) is 64.9 cm³/mol. The van der Waals surface area contributed by atoms with Crippen LogP contribution in [0.3, 0.4) is 0 Å². The van der Waals surface area contributed by atoms with E-state index in [2.05, 4.69) is 20.8 Å². The fourth-order valence-electron chi connectivity index (χ4n) is 1.11. The highest BCUT2D eigenvalue weighted by atomic mass is 32.1. The number of methoxy groups -OCH3 is 1. The standard InChI is InChI=1S/C9H17N5OS/c1-14-7-12-13-8(14)6-11-9(16)10-4-3-5-15-2/h7H,3-6H2,1-2H3,(H2,10,11,16). The zero-order valence-corrected chi connectivity index (χ0v) is 10.4. The summed E-state index contributed by atoms with van der Waals surface area (Å²) in [7, 11) is 3.58. The average Bonchev–Trinajstić information content (AvgIpc) is 2.67. The summed E-state index contributed by atoms with van der Waals surface area (Å²) in [5.74, 6) is 0.848. The number of hydrogen-bond donors (Lipinski definition) is 2. The van der Waals surface area contributed by atoms with E-state index >= 15 is 0 Å². The minimum Gasteiger partial charge on any atom is -0.385 e. The van der Waals surface area contributed by atoms with Crippen molar-refractivity contribution >= 4 is 17.3 Å². The number of nitrogens with zero attached hydrogens (tertiary/aromatic N) is 3. The van der Waals surface area contributed by atoms with Crippen LogP contribution in [-0.2, 0) is 18.3 Å². The second kappa shape index (κ2) is 7.13. The molecule has 0 spiro atoms. The maximum absolute atomic E-state index is 5.10. The number of thiocarbonyl (C=S) groups is 1. The van der Waals surface area contributed by atoms with Crippen LogP contribution in [0.15, 0.2) is 6.33 Å². The van der Waals surface area contributed by atoms with E-state index in [-0.39, 0.29) is 0 Å². The Morgan fingerprint density at radius 3 is 3.00 bits per heavy atom. The van der Waals surface area contributed by atoms with Crippen LogP contribution in [0.2, 0.25) is 0 Å². The SMILES string of the molecule is COCCCNC(=S)NCc1nncn1C. The molecule has 0 bridgehead atoms. The molecule has 0 radical (unpaired) electrons. The summed E-state index contributed by atoms with van der Waals surface area (Å²) in [4.78, 5) is 0. The van der Waals surface area contributed by atoms with Crippen LogP contribution in [-0.4, -0.2) is 40.1 Å². The summed E-state index contributed by atoms with van der Waals surface area (Å²) in [6, 6.07) is 0. The van der Waals surface area contributed by atoms with Gasteiger partial charge in [-0.25, -0.2) is 0 Å². The van der Waals surface area contributed by atoms with Crippen molar-refractivity contribution in [3.8, 4) is 0 Å². The number of rotatable bonds is 6. The summed E-state index contributed by atoms with van der Waals surface area (Å²) in [5, 5.41) is 14.5. The first-order valence-electron chi connectivity index (χ1n) is 5.07. The molecule has 0 saturated carbocycles. The van der Waals surface area contributed by atoms with E-state index in [0.29, 0.717) is 11.7 Å². The van der Waals surface area contributed by atoms with Crippen molar-refractivity contribution in [3.63, 3.8) is 0 Å². The van der Waals surface area contributed by atoms with Gasteiger partial charge in [0.2, 0.25) is 0 Å². The second-order valence-electron chi connectivity index (χ2n) is 3.31. The molecule has 0 aliphatic carbocycles. The molecule has 0 aromatic carbocycles. The predicted octanol–water partition coefficient (Wildman–Crippen LogP) is -0.184. The molecule has 16 heavy (non-hydrogen) atoms. The van der Waals surface area contributed by atoms with E-state index in [1.807, 2.05) is 11.6 Å². The summed E-state index contributed by atoms with van der Waals surface area (Å²) in [6.07, 6.45) is 2.59. The van der Waals surface area contributed by atoms with Gasteiger partial charge in [-0.15, -0.1) is 10.2 Å². The molecule has 7 heteroatoms. The molecule has 1 rings (SSSR count). The van der Waals surface area contributed by atoms with E-state index in [1.165, 1.54) is 0 Å². The largest absolute Gasteiger partial charge is 0.385 e. The van der Waals surface area contributed by atoms with Crippen LogP contribution in [0, 0.1) is 0 Å². The third-order valence-electron chi connectivity index (χ3n) is 2.02. The first kappa shape index (κ1) is 12.9. The summed E-state index contributed by atoms with van der Waals surface area (Å²) >= 11 is 5.10. The highest BCUT2D eigenvalue weighted by molar-refractivity contribution is 7.80. The van der Waals surface area contributed by atoms with E-state index in [1.54, 1.807) is 13.4 Å². The molecule has 2 N–H and O–H groups in total. The highest BCUT2D eigenvalue weighted by Crippen LogP contribution is 1.89. The Bertz CT molecular complexity index is 327. The van der Waals surface area contributed by atoms with Gasteiger partial charge >= 0.3 is 0 Å². The molecule has 0 fully saturated rings. The molecule has 6 nitrogen and oxygen atoms in total. The van der Waals surface area contributed by atoms with E-state index in [4.69, 9.17) is 17.0 Å². The Labute approximate surface area is 100 Å². The first-order valence-corrected chi connectivity index (χ1v) is 5.48. The summed E-state index contributed by atoms with van der Waals surface area (Å²) in [5.41, 5.74) is 0. The molecule has 1 aromatic heterocycles. The Morgan fingerprint density at radius 1 is 1.56 bits per heavy atom. The maximum Gasteiger partial charge on any atom is 0.166 e. The topological polar surface area (TPSA) is 64.0 Å². The van der Waals surface area contributed by atoms with Gasteiger partial charge in [-0.2, -0.15) is 0 Å². The normalized spacial score (nSPS) is 10.1. The fraction of sp³-hybridized carbons (Fsp3) is 0.667. The van der Waals surface area contributed by atoms with Crippen LogP contribution in [0.1, 0.15) is 12.2 Å². The van der Waals surface area contributed by atoms with Crippen molar-refractivity contribution in [2.75, 3.05) is 20.3 Å². The first-order chi connectivity index (χ1) is 7.74. The minimum absolute atomic E-state index is 0.576. The average molecular weight is 243 g/mol. The number of aromatic nitrogens is 3. The van der Waals surface area contributed by atoms with Gasteiger partial charge < -0.3 is 19.9 Å². The molecule has 90 valence electrons. The molecular formula is C9H17N5OS. The van der Waals surface area contributed by atoms with Gasteiger partial charge in [0.1, 0.15) is 6.33 Å². The van der Waals surface area contributed by atoms with Gasteiger partial charge in [0, 0.05) is 27.3 Å². The minimum atomic E-state index is 0.576.